The Kier molecular flexibility index (Phi) is 7.38. The Bertz CT molecular complexity index is 486. The minimum atomic E-state index is -0.671. The lowest BCUT2D eigenvalue weighted by molar-refractivity contribution is -0.147. The minimum Gasteiger partial charge on any atom is -0.464 e. The molecule has 0 aliphatic rings. The van der Waals surface area contributed by atoms with E-state index < -0.39 is 12.0 Å². The van der Waals surface area contributed by atoms with Crippen LogP contribution in [0, 0.1) is 0 Å². The number of amides is 1. The van der Waals surface area contributed by atoms with E-state index in [0.29, 0.717) is 12.2 Å². The van der Waals surface area contributed by atoms with Gasteiger partial charge in [-0.15, -0.1) is 11.8 Å². The molecule has 6 heteroatoms. The molecule has 0 aliphatic carbocycles. The van der Waals surface area contributed by atoms with E-state index in [0.717, 1.165) is 5.56 Å². The number of rotatable bonds is 7. The molecule has 1 aromatic rings. The quantitative estimate of drug-likeness (QED) is 0.779. The molecular weight excluding hydrogens is 300 g/mol. The van der Waals surface area contributed by atoms with E-state index in [1.165, 1.54) is 0 Å². The first kappa shape index (κ1) is 18.5. The van der Waals surface area contributed by atoms with Crippen LogP contribution in [0.1, 0.15) is 33.3 Å². The zero-order chi connectivity index (χ0) is 16.6. The summed E-state index contributed by atoms with van der Waals surface area (Å²) in [5.41, 5.74) is 0.928. The zero-order valence-corrected chi connectivity index (χ0v) is 14.4. The van der Waals surface area contributed by atoms with Crippen LogP contribution in [0.15, 0.2) is 24.5 Å². The van der Waals surface area contributed by atoms with Crippen molar-refractivity contribution in [1.82, 2.24) is 10.3 Å². The van der Waals surface area contributed by atoms with Crippen molar-refractivity contribution >= 4 is 23.6 Å². The number of carbonyl (C=O) groups excluding carboxylic acids is 2. The highest BCUT2D eigenvalue weighted by molar-refractivity contribution is 8.01. The lowest BCUT2D eigenvalue weighted by Crippen LogP contribution is -2.44. The van der Waals surface area contributed by atoms with E-state index in [2.05, 4.69) is 10.3 Å². The van der Waals surface area contributed by atoms with Gasteiger partial charge in [-0.25, -0.2) is 4.79 Å². The second-order valence-electron chi connectivity index (χ2n) is 5.83. The number of nitrogens with zero attached hydrogens (tertiary/aromatic N) is 1. The van der Waals surface area contributed by atoms with Gasteiger partial charge in [-0.3, -0.25) is 9.78 Å². The molecular formula is C16H24N2O3S. The number of hydrogen-bond donors (Lipinski definition) is 1. The van der Waals surface area contributed by atoms with Crippen LogP contribution >= 0.6 is 11.8 Å². The molecule has 0 saturated carbocycles. The van der Waals surface area contributed by atoms with Gasteiger partial charge in [0.2, 0.25) is 5.91 Å². The highest BCUT2D eigenvalue weighted by Crippen LogP contribution is 2.22. The molecule has 0 aliphatic heterocycles. The van der Waals surface area contributed by atoms with Crippen LogP contribution in [-0.2, 0) is 20.7 Å². The highest BCUT2D eigenvalue weighted by Gasteiger charge is 2.23. The highest BCUT2D eigenvalue weighted by atomic mass is 32.2. The van der Waals surface area contributed by atoms with Crippen molar-refractivity contribution in [1.29, 1.82) is 0 Å². The molecule has 0 radical (unpaired) electrons. The molecule has 0 spiro atoms. The lowest BCUT2D eigenvalue weighted by Gasteiger charge is -2.20. The fourth-order valence-corrected chi connectivity index (χ4v) is 2.36. The van der Waals surface area contributed by atoms with Gasteiger partial charge in [0.1, 0.15) is 6.04 Å². The number of pyridine rings is 1. The average molecular weight is 324 g/mol. The third-order valence-corrected chi connectivity index (χ3v) is 4.00. The molecule has 1 aromatic heterocycles. The summed E-state index contributed by atoms with van der Waals surface area (Å²) in [6, 6.07) is 2.97. The molecule has 1 amide bonds. The summed E-state index contributed by atoms with van der Waals surface area (Å²) in [5.74, 6) is -0.254. The van der Waals surface area contributed by atoms with Gasteiger partial charge in [0.25, 0.3) is 0 Å². The molecule has 0 aromatic carbocycles. The Hall–Kier alpha value is -1.56. The number of aromatic nitrogens is 1. The van der Waals surface area contributed by atoms with E-state index >= 15 is 0 Å². The smallest absolute Gasteiger partial charge is 0.328 e. The molecule has 22 heavy (non-hydrogen) atoms. The van der Waals surface area contributed by atoms with Gasteiger partial charge < -0.3 is 10.1 Å². The van der Waals surface area contributed by atoms with Crippen LogP contribution in [0.2, 0.25) is 0 Å². The third-order valence-electron chi connectivity index (χ3n) is 2.73. The van der Waals surface area contributed by atoms with Crippen LogP contribution in [0.5, 0.6) is 0 Å². The number of ether oxygens (including phenoxy) is 1. The summed E-state index contributed by atoms with van der Waals surface area (Å²) in [7, 11) is 0. The fraction of sp³-hybridized carbons (Fsp3) is 0.562. The lowest BCUT2D eigenvalue weighted by atomic mass is 10.1. The van der Waals surface area contributed by atoms with Crippen molar-refractivity contribution in [3.05, 3.63) is 30.1 Å². The number of hydrogen-bond acceptors (Lipinski definition) is 5. The summed E-state index contributed by atoms with van der Waals surface area (Å²) in [6.07, 6.45) is 3.72. The standard InChI is InChI=1S/C16H24N2O3S/c1-5-21-15(20)13(10-12-6-8-17-9-7-12)18-14(19)11-22-16(2,3)4/h6-9,13H,5,10-11H2,1-4H3,(H,18,19). The number of carbonyl (C=O) groups is 2. The Morgan fingerprint density at radius 2 is 1.95 bits per heavy atom. The van der Waals surface area contributed by atoms with E-state index in [4.69, 9.17) is 4.74 Å². The molecule has 122 valence electrons. The van der Waals surface area contributed by atoms with Crippen LogP contribution in [0.25, 0.3) is 0 Å². The number of nitrogens with one attached hydrogen (secondary N) is 1. The first-order valence-electron chi connectivity index (χ1n) is 7.30. The summed E-state index contributed by atoms with van der Waals surface area (Å²) in [6.45, 7) is 8.18. The van der Waals surface area contributed by atoms with E-state index in [-0.39, 0.29) is 17.3 Å². The second-order valence-corrected chi connectivity index (χ2v) is 7.63. The number of esters is 1. The average Bonchev–Trinajstić information content (AvgIpc) is 2.45. The van der Waals surface area contributed by atoms with Crippen molar-refractivity contribution in [2.75, 3.05) is 12.4 Å². The van der Waals surface area contributed by atoms with Crippen LogP contribution in [0.3, 0.4) is 0 Å². The Morgan fingerprint density at radius 1 is 1.32 bits per heavy atom. The predicted molar refractivity (Wildman–Crippen MR) is 88.7 cm³/mol. The topological polar surface area (TPSA) is 68.3 Å². The summed E-state index contributed by atoms with van der Waals surface area (Å²) < 4.78 is 5.05. The SMILES string of the molecule is CCOC(=O)C(Cc1ccncc1)NC(=O)CSC(C)(C)C. The molecule has 1 N–H and O–H groups in total. The molecule has 5 nitrogen and oxygen atoms in total. The Balaban J connectivity index is 2.66. The Labute approximate surface area is 136 Å². The van der Waals surface area contributed by atoms with Gasteiger partial charge in [-0.2, -0.15) is 0 Å². The second kappa shape index (κ2) is 8.78. The van der Waals surface area contributed by atoms with Gasteiger partial charge in [-0.05, 0) is 24.6 Å². The van der Waals surface area contributed by atoms with Crippen molar-refractivity contribution < 1.29 is 14.3 Å². The van der Waals surface area contributed by atoms with Gasteiger partial charge >= 0.3 is 5.97 Å². The maximum atomic E-state index is 12.0. The largest absolute Gasteiger partial charge is 0.464 e. The molecule has 0 saturated heterocycles. The first-order chi connectivity index (χ1) is 10.3. The normalized spacial score (nSPS) is 12.5. The van der Waals surface area contributed by atoms with Gasteiger partial charge in [0, 0.05) is 23.6 Å². The van der Waals surface area contributed by atoms with Gasteiger partial charge in [0.15, 0.2) is 0 Å². The molecule has 1 atom stereocenters. The predicted octanol–water partition coefficient (Wildman–Crippen LogP) is 2.20. The maximum absolute atomic E-state index is 12.0. The molecule has 1 rings (SSSR count). The van der Waals surface area contributed by atoms with E-state index in [1.807, 2.05) is 32.9 Å². The Morgan fingerprint density at radius 3 is 2.50 bits per heavy atom. The maximum Gasteiger partial charge on any atom is 0.328 e. The summed E-state index contributed by atoms with van der Waals surface area (Å²) >= 11 is 1.54. The molecule has 0 bridgehead atoms. The van der Waals surface area contributed by atoms with Crippen LogP contribution in [-0.4, -0.2) is 40.0 Å². The third kappa shape index (κ3) is 7.45. The summed E-state index contributed by atoms with van der Waals surface area (Å²) in [5, 5.41) is 2.77. The molecule has 1 heterocycles. The first-order valence-corrected chi connectivity index (χ1v) is 8.29. The molecule has 1 unspecified atom stereocenters. The fourth-order valence-electron chi connectivity index (χ4n) is 1.71. The van der Waals surface area contributed by atoms with Crippen molar-refractivity contribution in [3.63, 3.8) is 0 Å². The van der Waals surface area contributed by atoms with Crippen molar-refractivity contribution in [3.8, 4) is 0 Å². The molecule has 0 fully saturated rings. The van der Waals surface area contributed by atoms with Crippen LogP contribution < -0.4 is 5.32 Å². The van der Waals surface area contributed by atoms with Gasteiger partial charge in [0.05, 0.1) is 12.4 Å². The monoisotopic (exact) mass is 324 g/mol. The number of thioether (sulfide) groups is 1. The van der Waals surface area contributed by atoms with Crippen molar-refractivity contribution in [2.45, 2.75) is 44.9 Å². The zero-order valence-electron chi connectivity index (χ0n) is 13.6. The van der Waals surface area contributed by atoms with E-state index in [1.54, 1.807) is 31.1 Å². The van der Waals surface area contributed by atoms with E-state index in [9.17, 15) is 9.59 Å². The summed E-state index contributed by atoms with van der Waals surface area (Å²) in [4.78, 5) is 28.0. The minimum absolute atomic E-state index is 0.00185. The van der Waals surface area contributed by atoms with Crippen molar-refractivity contribution in [2.24, 2.45) is 0 Å². The van der Waals surface area contributed by atoms with Gasteiger partial charge in [-0.1, -0.05) is 20.8 Å². The van der Waals surface area contributed by atoms with Crippen LogP contribution in [0.4, 0.5) is 0 Å².